The molecule has 4 nitrogen and oxygen atoms in total. The van der Waals surface area contributed by atoms with Crippen LogP contribution in [0.25, 0.3) is 6.08 Å². The molecule has 28 heavy (non-hydrogen) atoms. The summed E-state index contributed by atoms with van der Waals surface area (Å²) in [7, 11) is 3.40. The van der Waals surface area contributed by atoms with Crippen LogP contribution < -0.4 is 4.74 Å². The molecule has 0 aliphatic rings. The van der Waals surface area contributed by atoms with Gasteiger partial charge in [-0.15, -0.1) is 0 Å². The van der Waals surface area contributed by atoms with Crippen molar-refractivity contribution in [2.75, 3.05) is 20.7 Å². The Hall–Kier alpha value is -2.88. The van der Waals surface area contributed by atoms with Crippen LogP contribution in [0.5, 0.6) is 5.75 Å². The predicted molar refractivity (Wildman–Crippen MR) is 114 cm³/mol. The van der Waals surface area contributed by atoms with Crippen LogP contribution in [-0.4, -0.2) is 37.3 Å². The highest BCUT2D eigenvalue weighted by molar-refractivity contribution is 6.07. The lowest BCUT2D eigenvalue weighted by atomic mass is 9.86. The van der Waals surface area contributed by atoms with Crippen molar-refractivity contribution in [3.05, 3.63) is 70.8 Å². The van der Waals surface area contributed by atoms with Gasteiger partial charge >= 0.3 is 0 Å². The van der Waals surface area contributed by atoms with E-state index in [4.69, 9.17) is 4.74 Å². The van der Waals surface area contributed by atoms with Gasteiger partial charge in [0.2, 0.25) is 0 Å². The number of carbonyl (C=O) groups excluding carboxylic acids is 2. The van der Waals surface area contributed by atoms with E-state index in [9.17, 15) is 9.59 Å². The van der Waals surface area contributed by atoms with Gasteiger partial charge in [0.05, 0.1) is 6.61 Å². The van der Waals surface area contributed by atoms with Crippen molar-refractivity contribution in [3.8, 4) is 5.75 Å². The second kappa shape index (κ2) is 8.87. The number of allylic oxidation sites excluding steroid dienone is 1. The van der Waals surface area contributed by atoms with E-state index in [0.29, 0.717) is 17.7 Å². The van der Waals surface area contributed by atoms with Crippen molar-refractivity contribution < 1.29 is 14.3 Å². The van der Waals surface area contributed by atoms with Crippen LogP contribution in [0, 0.1) is 0 Å². The Morgan fingerprint density at radius 2 is 1.61 bits per heavy atom. The third-order valence-electron chi connectivity index (χ3n) is 4.41. The average Bonchev–Trinajstić information content (AvgIpc) is 2.65. The predicted octanol–water partition coefficient (Wildman–Crippen LogP) is 4.98. The molecule has 0 saturated heterocycles. The zero-order valence-electron chi connectivity index (χ0n) is 17.6. The van der Waals surface area contributed by atoms with Crippen LogP contribution >= 0.6 is 0 Å². The molecule has 4 heteroatoms. The first-order valence-corrected chi connectivity index (χ1v) is 9.45. The van der Waals surface area contributed by atoms with Gasteiger partial charge in [-0.1, -0.05) is 39.0 Å². The Balaban J connectivity index is 2.26. The molecule has 0 unspecified atom stereocenters. The largest absolute Gasteiger partial charge is 0.493 e. The number of ketones is 1. The Morgan fingerprint density at radius 3 is 2.14 bits per heavy atom. The lowest BCUT2D eigenvalue weighted by Crippen LogP contribution is -2.21. The maximum absolute atomic E-state index is 12.6. The SMILES string of the molecule is CCOc1ccc(C(C)(C)C)cc1/C=C/C(=O)c1ccc(C(=O)N(C)C)cc1. The molecule has 0 saturated carbocycles. The summed E-state index contributed by atoms with van der Waals surface area (Å²) in [5.41, 5.74) is 3.15. The van der Waals surface area contributed by atoms with E-state index in [1.807, 2.05) is 13.0 Å². The molecular weight excluding hydrogens is 350 g/mol. The van der Waals surface area contributed by atoms with Gasteiger partial charge in [-0.2, -0.15) is 0 Å². The van der Waals surface area contributed by atoms with E-state index in [0.717, 1.165) is 11.3 Å². The normalized spacial score (nSPS) is 11.5. The average molecular weight is 380 g/mol. The smallest absolute Gasteiger partial charge is 0.253 e. The minimum absolute atomic E-state index is 0.00610. The number of carbonyl (C=O) groups is 2. The lowest BCUT2D eigenvalue weighted by Gasteiger charge is -2.20. The molecule has 0 aliphatic heterocycles. The van der Waals surface area contributed by atoms with E-state index in [-0.39, 0.29) is 17.1 Å². The molecule has 1 amide bonds. The number of amides is 1. The molecule has 0 bridgehead atoms. The molecule has 0 aromatic heterocycles. The van der Waals surface area contributed by atoms with Gasteiger partial charge in [0.1, 0.15) is 5.75 Å². The van der Waals surface area contributed by atoms with Crippen molar-refractivity contribution >= 4 is 17.8 Å². The van der Waals surface area contributed by atoms with Crippen LogP contribution in [-0.2, 0) is 5.41 Å². The monoisotopic (exact) mass is 379 g/mol. The van der Waals surface area contributed by atoms with E-state index in [1.54, 1.807) is 50.5 Å². The minimum Gasteiger partial charge on any atom is -0.493 e. The standard InChI is InChI=1S/C24H29NO3/c1-7-28-22-15-13-20(24(2,3)4)16-19(22)12-14-21(26)17-8-10-18(11-9-17)23(27)25(5)6/h8-16H,7H2,1-6H3/b14-12+. The molecule has 2 rings (SSSR count). The number of ether oxygens (including phenoxy) is 1. The van der Waals surface area contributed by atoms with Gasteiger partial charge in [0.15, 0.2) is 5.78 Å². The summed E-state index contributed by atoms with van der Waals surface area (Å²) < 4.78 is 5.70. The van der Waals surface area contributed by atoms with Gasteiger partial charge < -0.3 is 9.64 Å². The number of hydrogen-bond donors (Lipinski definition) is 0. The fraction of sp³-hybridized carbons (Fsp3) is 0.333. The van der Waals surface area contributed by atoms with Crippen molar-refractivity contribution in [1.29, 1.82) is 0 Å². The molecular formula is C24H29NO3. The van der Waals surface area contributed by atoms with Gasteiger partial charge in [0, 0.05) is 30.8 Å². The Bertz CT molecular complexity index is 872. The van der Waals surface area contributed by atoms with E-state index in [1.165, 1.54) is 10.5 Å². The maximum atomic E-state index is 12.6. The first kappa shape index (κ1) is 21.4. The number of benzene rings is 2. The fourth-order valence-electron chi connectivity index (χ4n) is 2.73. The third kappa shape index (κ3) is 5.32. The molecule has 0 atom stereocenters. The van der Waals surface area contributed by atoms with Crippen LogP contribution in [0.15, 0.2) is 48.5 Å². The molecule has 0 spiro atoms. The maximum Gasteiger partial charge on any atom is 0.253 e. The quantitative estimate of drug-likeness (QED) is 0.525. The summed E-state index contributed by atoms with van der Waals surface area (Å²) in [6.07, 6.45) is 3.34. The summed E-state index contributed by atoms with van der Waals surface area (Å²) in [5, 5.41) is 0. The Labute approximate surface area is 167 Å². The molecule has 0 heterocycles. The molecule has 2 aromatic carbocycles. The summed E-state index contributed by atoms with van der Waals surface area (Å²) in [6, 6.07) is 12.8. The van der Waals surface area contributed by atoms with E-state index >= 15 is 0 Å². The van der Waals surface area contributed by atoms with Crippen LogP contribution in [0.2, 0.25) is 0 Å². The summed E-state index contributed by atoms with van der Waals surface area (Å²) in [6.45, 7) is 8.95. The number of hydrogen-bond acceptors (Lipinski definition) is 3. The van der Waals surface area contributed by atoms with Crippen molar-refractivity contribution in [3.63, 3.8) is 0 Å². The van der Waals surface area contributed by atoms with Crippen molar-refractivity contribution in [1.82, 2.24) is 4.90 Å². The Kier molecular flexibility index (Phi) is 6.79. The zero-order chi connectivity index (χ0) is 20.9. The van der Waals surface area contributed by atoms with Gasteiger partial charge in [-0.05, 0) is 54.3 Å². The summed E-state index contributed by atoms with van der Waals surface area (Å²) >= 11 is 0. The van der Waals surface area contributed by atoms with Gasteiger partial charge in [-0.25, -0.2) is 0 Å². The first-order valence-electron chi connectivity index (χ1n) is 9.45. The first-order chi connectivity index (χ1) is 13.1. The highest BCUT2D eigenvalue weighted by Crippen LogP contribution is 2.29. The second-order valence-electron chi connectivity index (χ2n) is 7.91. The molecule has 0 radical (unpaired) electrons. The third-order valence-corrected chi connectivity index (χ3v) is 4.41. The Morgan fingerprint density at radius 1 is 1.00 bits per heavy atom. The van der Waals surface area contributed by atoms with Crippen LogP contribution in [0.4, 0.5) is 0 Å². The summed E-state index contributed by atoms with van der Waals surface area (Å²) in [4.78, 5) is 26.0. The molecule has 0 N–H and O–H groups in total. The summed E-state index contributed by atoms with van der Waals surface area (Å²) in [5.74, 6) is 0.550. The van der Waals surface area contributed by atoms with Crippen LogP contribution in [0.1, 0.15) is 59.5 Å². The highest BCUT2D eigenvalue weighted by Gasteiger charge is 2.15. The molecule has 148 valence electrons. The van der Waals surface area contributed by atoms with Crippen molar-refractivity contribution in [2.24, 2.45) is 0 Å². The van der Waals surface area contributed by atoms with E-state index < -0.39 is 0 Å². The van der Waals surface area contributed by atoms with Gasteiger partial charge in [-0.3, -0.25) is 9.59 Å². The number of rotatable bonds is 6. The minimum atomic E-state index is -0.118. The zero-order valence-corrected chi connectivity index (χ0v) is 17.6. The molecule has 0 aliphatic carbocycles. The lowest BCUT2D eigenvalue weighted by molar-refractivity contribution is 0.0827. The second-order valence-corrected chi connectivity index (χ2v) is 7.91. The van der Waals surface area contributed by atoms with E-state index in [2.05, 4.69) is 32.9 Å². The van der Waals surface area contributed by atoms with Gasteiger partial charge in [0.25, 0.3) is 5.91 Å². The van der Waals surface area contributed by atoms with Crippen molar-refractivity contribution in [2.45, 2.75) is 33.1 Å². The number of nitrogens with zero attached hydrogens (tertiary/aromatic N) is 1. The molecule has 2 aromatic rings. The molecule has 0 fully saturated rings. The van der Waals surface area contributed by atoms with Crippen LogP contribution in [0.3, 0.4) is 0 Å². The highest BCUT2D eigenvalue weighted by atomic mass is 16.5. The fourth-order valence-corrected chi connectivity index (χ4v) is 2.73. The topological polar surface area (TPSA) is 46.6 Å².